The molecule has 2 nitrogen and oxygen atoms in total. The van der Waals surface area contributed by atoms with E-state index in [1.54, 1.807) is 7.05 Å². The third-order valence-electron chi connectivity index (χ3n) is 1.93. The van der Waals surface area contributed by atoms with Crippen molar-refractivity contribution >= 4 is 20.6 Å². The summed E-state index contributed by atoms with van der Waals surface area (Å²) >= 11 is 3.37. The maximum atomic E-state index is 4.04. The highest BCUT2D eigenvalue weighted by Gasteiger charge is 2.03. The summed E-state index contributed by atoms with van der Waals surface area (Å²) in [5.74, 6) is 0. The third kappa shape index (κ3) is 4.61. The second-order valence-corrected chi connectivity index (χ2v) is 3.71. The van der Waals surface area contributed by atoms with E-state index in [1.165, 1.54) is 0 Å². The van der Waals surface area contributed by atoms with Crippen LogP contribution in [0.5, 0.6) is 0 Å². The molecular weight excluding hydrogens is 240 g/mol. The lowest BCUT2D eigenvalue weighted by molar-refractivity contribution is 0.374. The van der Waals surface area contributed by atoms with Gasteiger partial charge in [0, 0.05) is 25.8 Å². The van der Waals surface area contributed by atoms with Gasteiger partial charge < -0.3 is 4.90 Å². The zero-order valence-corrected chi connectivity index (χ0v) is 10.8. The van der Waals surface area contributed by atoms with Crippen LogP contribution in [0.15, 0.2) is 29.4 Å². The summed E-state index contributed by atoms with van der Waals surface area (Å²) in [4.78, 5) is 6.31. The van der Waals surface area contributed by atoms with Crippen molar-refractivity contribution in [3.05, 3.63) is 24.4 Å². The maximum Gasteiger partial charge on any atom is 0.102 e. The van der Waals surface area contributed by atoms with Crippen molar-refractivity contribution in [2.24, 2.45) is 4.99 Å². The monoisotopic (exact) mass is 258 g/mol. The Bertz CT molecular complexity index is 231. The smallest absolute Gasteiger partial charge is 0.102 e. The third-order valence-corrected chi connectivity index (χ3v) is 2.51. The van der Waals surface area contributed by atoms with Gasteiger partial charge in [-0.3, -0.25) is 4.99 Å². The van der Waals surface area contributed by atoms with Crippen molar-refractivity contribution in [1.82, 2.24) is 4.90 Å². The van der Waals surface area contributed by atoms with E-state index in [4.69, 9.17) is 0 Å². The van der Waals surface area contributed by atoms with E-state index in [9.17, 15) is 0 Å². The lowest BCUT2D eigenvalue weighted by Gasteiger charge is -2.23. The topological polar surface area (TPSA) is 15.6 Å². The number of likely N-dealkylation sites (N-methyl/N-ethyl adjacent to an activating group) is 1. The van der Waals surface area contributed by atoms with Crippen LogP contribution in [0.1, 0.15) is 20.3 Å². The summed E-state index contributed by atoms with van der Waals surface area (Å²) in [5, 5.41) is 0. The first-order valence-corrected chi connectivity index (χ1v) is 5.70. The number of rotatable bonds is 6. The van der Waals surface area contributed by atoms with Crippen molar-refractivity contribution in [3.63, 3.8) is 0 Å². The van der Waals surface area contributed by atoms with Crippen LogP contribution in [0, 0.1) is 0 Å². The molecule has 0 amide bonds. The number of hydrogen-bond donors (Lipinski definition) is 0. The van der Waals surface area contributed by atoms with Crippen LogP contribution in [0.3, 0.4) is 0 Å². The molecule has 0 fully saturated rings. The van der Waals surface area contributed by atoms with Crippen molar-refractivity contribution in [1.29, 1.82) is 0 Å². The Kier molecular flexibility index (Phi) is 7.48. The molecule has 0 aliphatic rings. The van der Waals surface area contributed by atoms with Crippen LogP contribution < -0.4 is 0 Å². The fourth-order valence-electron chi connectivity index (χ4n) is 1.21. The molecule has 0 aliphatic carbocycles. The van der Waals surface area contributed by atoms with Crippen LogP contribution in [-0.2, 0) is 0 Å². The zero-order valence-electron chi connectivity index (χ0n) is 9.26. The Morgan fingerprint density at radius 2 is 2.14 bits per heavy atom. The highest BCUT2D eigenvalue weighted by molar-refractivity contribution is 9.18. The fraction of sp³-hybridized carbons (Fsp3) is 0.545. The number of halogens is 1. The summed E-state index contributed by atoms with van der Waals surface area (Å²) in [6.45, 7) is 10.2. The Labute approximate surface area is 95.5 Å². The van der Waals surface area contributed by atoms with Gasteiger partial charge in [0.15, 0.2) is 0 Å². The van der Waals surface area contributed by atoms with E-state index in [1.807, 2.05) is 12.2 Å². The summed E-state index contributed by atoms with van der Waals surface area (Å²) in [7, 11) is 1.76. The highest BCUT2D eigenvalue weighted by Crippen LogP contribution is 2.08. The predicted octanol–water partition coefficient (Wildman–Crippen LogP) is 3.21. The molecule has 0 radical (unpaired) electrons. The van der Waals surface area contributed by atoms with Gasteiger partial charge in [-0.25, -0.2) is 0 Å². The van der Waals surface area contributed by atoms with E-state index in [-0.39, 0.29) is 0 Å². The quantitative estimate of drug-likeness (QED) is 0.528. The Morgan fingerprint density at radius 1 is 1.50 bits per heavy atom. The summed E-state index contributed by atoms with van der Waals surface area (Å²) in [6.07, 6.45) is 5.00. The minimum Gasteiger partial charge on any atom is -0.372 e. The minimum atomic E-state index is 0.849. The first-order chi connectivity index (χ1) is 6.69. The van der Waals surface area contributed by atoms with E-state index < -0.39 is 0 Å². The van der Waals surface area contributed by atoms with Gasteiger partial charge in [0.1, 0.15) is 4.62 Å². The molecule has 0 aromatic heterocycles. The lowest BCUT2D eigenvalue weighted by Crippen LogP contribution is -2.22. The van der Waals surface area contributed by atoms with Gasteiger partial charge in [-0.1, -0.05) is 13.5 Å². The van der Waals surface area contributed by atoms with Gasteiger partial charge in [-0.15, -0.1) is 0 Å². The van der Waals surface area contributed by atoms with Gasteiger partial charge >= 0.3 is 0 Å². The second kappa shape index (κ2) is 7.80. The Hall–Kier alpha value is -0.570. The molecule has 0 aromatic carbocycles. The standard InChI is InChI=1S/C11H19BrN2/c1-5-8-14(7-3)10(6-2)9-11(12)13-4/h6,9H,2,5,7-8H2,1,3-4H3/b10-9+,13-11?. The summed E-state index contributed by atoms with van der Waals surface area (Å²) in [5.41, 5.74) is 1.12. The normalized spacial score (nSPS) is 12.9. The SMILES string of the molecule is C=C/C(=C\C(Br)=NC)N(CC)CCC. The average molecular weight is 259 g/mol. The molecule has 0 unspecified atom stereocenters. The van der Waals surface area contributed by atoms with Gasteiger partial charge in [0.25, 0.3) is 0 Å². The number of allylic oxidation sites excluding steroid dienone is 2. The van der Waals surface area contributed by atoms with Crippen LogP contribution in [0.4, 0.5) is 0 Å². The molecular formula is C11H19BrN2. The van der Waals surface area contributed by atoms with Crippen LogP contribution in [-0.4, -0.2) is 29.7 Å². The Morgan fingerprint density at radius 3 is 2.50 bits per heavy atom. The molecule has 0 aromatic rings. The number of nitrogens with zero attached hydrogens (tertiary/aromatic N) is 2. The first-order valence-electron chi connectivity index (χ1n) is 4.90. The highest BCUT2D eigenvalue weighted by atomic mass is 79.9. The predicted molar refractivity (Wildman–Crippen MR) is 68.1 cm³/mol. The van der Waals surface area contributed by atoms with E-state index in [0.717, 1.165) is 29.8 Å². The molecule has 80 valence electrons. The minimum absolute atomic E-state index is 0.849. The molecule has 14 heavy (non-hydrogen) atoms. The fourth-order valence-corrected chi connectivity index (χ4v) is 1.44. The van der Waals surface area contributed by atoms with Crippen molar-refractivity contribution < 1.29 is 0 Å². The molecule has 0 aliphatic heterocycles. The maximum absolute atomic E-state index is 4.04. The van der Waals surface area contributed by atoms with Crippen molar-refractivity contribution in [2.75, 3.05) is 20.1 Å². The average Bonchev–Trinajstić information content (AvgIpc) is 2.22. The van der Waals surface area contributed by atoms with Crippen molar-refractivity contribution in [3.8, 4) is 0 Å². The molecule has 0 saturated carbocycles. The molecule has 0 N–H and O–H groups in total. The van der Waals surface area contributed by atoms with Gasteiger partial charge in [0.05, 0.1) is 0 Å². The number of aliphatic imine (C=N–C) groups is 1. The van der Waals surface area contributed by atoms with Crippen molar-refractivity contribution in [2.45, 2.75) is 20.3 Å². The van der Waals surface area contributed by atoms with Gasteiger partial charge in [-0.2, -0.15) is 0 Å². The van der Waals surface area contributed by atoms with E-state index >= 15 is 0 Å². The lowest BCUT2D eigenvalue weighted by atomic mass is 10.3. The zero-order chi connectivity index (χ0) is 11.0. The molecule has 0 bridgehead atoms. The molecule has 3 heteroatoms. The summed E-state index contributed by atoms with van der Waals surface area (Å²) < 4.78 is 0.849. The second-order valence-electron chi connectivity index (χ2n) is 2.90. The van der Waals surface area contributed by atoms with Crippen LogP contribution in [0.2, 0.25) is 0 Å². The summed E-state index contributed by atoms with van der Waals surface area (Å²) in [6, 6.07) is 0. The molecule has 0 heterocycles. The van der Waals surface area contributed by atoms with E-state index in [0.29, 0.717) is 0 Å². The van der Waals surface area contributed by atoms with Gasteiger partial charge in [-0.05, 0) is 41.4 Å². The van der Waals surface area contributed by atoms with Gasteiger partial charge in [0.2, 0.25) is 0 Å². The van der Waals surface area contributed by atoms with E-state index in [2.05, 4.69) is 46.2 Å². The molecule has 0 rings (SSSR count). The Balaban J connectivity index is 4.66. The first kappa shape index (κ1) is 13.4. The molecule has 0 spiro atoms. The largest absolute Gasteiger partial charge is 0.372 e. The number of hydrogen-bond acceptors (Lipinski definition) is 2. The van der Waals surface area contributed by atoms with Crippen LogP contribution >= 0.6 is 15.9 Å². The molecule has 0 saturated heterocycles. The molecule has 0 atom stereocenters. The van der Waals surface area contributed by atoms with Crippen LogP contribution in [0.25, 0.3) is 0 Å².